The number of ether oxygens (including phenoxy) is 2. The average Bonchev–Trinajstić information content (AvgIpc) is 2.84. The molecule has 0 atom stereocenters. The number of hydrogen-bond acceptors (Lipinski definition) is 7. The number of methoxy groups -OCH3 is 1. The number of benzene rings is 1. The molecule has 7 nitrogen and oxygen atoms in total. The van der Waals surface area contributed by atoms with Crippen LogP contribution in [0.4, 0.5) is 17.6 Å². The molecular formula is C14H9F4N3O4S. The third-order valence-electron chi connectivity index (χ3n) is 2.58. The number of rotatable bonds is 4. The van der Waals surface area contributed by atoms with Crippen molar-refractivity contribution >= 4 is 35.0 Å². The molecular weight excluding hydrogens is 382 g/mol. The predicted molar refractivity (Wildman–Crippen MR) is 83.9 cm³/mol. The summed E-state index contributed by atoms with van der Waals surface area (Å²) in [6.07, 6.45) is -3.04. The van der Waals surface area contributed by atoms with Crippen LogP contribution < -0.4 is 10.1 Å². The fourth-order valence-corrected chi connectivity index (χ4v) is 2.38. The smallest absolute Gasteiger partial charge is 0.466 e. The van der Waals surface area contributed by atoms with Crippen molar-refractivity contribution in [3.05, 3.63) is 40.6 Å². The van der Waals surface area contributed by atoms with Gasteiger partial charge in [0.2, 0.25) is 0 Å². The number of amides is 1. The molecule has 1 N–H and O–H groups in total. The quantitative estimate of drug-likeness (QED) is 0.280. The third-order valence-corrected chi connectivity index (χ3v) is 3.48. The number of carbonyl (C=O) groups is 2. The molecule has 138 valence electrons. The maximum absolute atomic E-state index is 13.3. The lowest BCUT2D eigenvalue weighted by atomic mass is 10.2. The molecule has 0 aliphatic carbocycles. The highest BCUT2D eigenvalue weighted by Crippen LogP contribution is 2.25. The number of halogens is 4. The molecule has 0 radical (unpaired) electrons. The van der Waals surface area contributed by atoms with Gasteiger partial charge in [0, 0.05) is 17.7 Å². The van der Waals surface area contributed by atoms with Gasteiger partial charge in [-0.3, -0.25) is 10.1 Å². The molecule has 12 heteroatoms. The van der Waals surface area contributed by atoms with E-state index in [-0.39, 0.29) is 15.6 Å². The van der Waals surface area contributed by atoms with Crippen LogP contribution >= 0.6 is 11.8 Å². The van der Waals surface area contributed by atoms with E-state index in [0.29, 0.717) is 6.07 Å². The maximum atomic E-state index is 13.3. The number of nitrogens with zero attached hydrogens (tertiary/aromatic N) is 2. The molecule has 1 heterocycles. The van der Waals surface area contributed by atoms with E-state index in [2.05, 4.69) is 25.0 Å². The molecule has 1 aliphatic heterocycles. The van der Waals surface area contributed by atoms with Crippen LogP contribution in [0.1, 0.15) is 5.56 Å². The van der Waals surface area contributed by atoms with Crippen LogP contribution in [0.25, 0.3) is 0 Å². The standard InChI is InChI=1S/C14H9F4N3O4S/c1-24-11(22)5-10-12(23)20-13(26-10)21-19-6-7-2-8(15)4-9(3-7)25-14(16,17)18/h2-6H,1H3,(H,20,21,23)/b10-5+,19-6?. The van der Waals surface area contributed by atoms with Gasteiger partial charge in [0.25, 0.3) is 5.91 Å². The second-order valence-electron chi connectivity index (χ2n) is 4.51. The van der Waals surface area contributed by atoms with Crippen LogP contribution in [-0.4, -0.2) is 36.7 Å². The van der Waals surface area contributed by atoms with E-state index >= 15 is 0 Å². The van der Waals surface area contributed by atoms with E-state index in [0.717, 1.165) is 43.3 Å². The zero-order valence-corrected chi connectivity index (χ0v) is 13.7. The monoisotopic (exact) mass is 391 g/mol. The topological polar surface area (TPSA) is 89.3 Å². The Balaban J connectivity index is 2.11. The molecule has 0 saturated carbocycles. The van der Waals surface area contributed by atoms with Gasteiger partial charge in [-0.15, -0.1) is 18.3 Å². The molecule has 1 saturated heterocycles. The van der Waals surface area contributed by atoms with Crippen LogP contribution in [0.3, 0.4) is 0 Å². The summed E-state index contributed by atoms with van der Waals surface area (Å²) in [5, 5.41) is 9.50. The van der Waals surface area contributed by atoms with E-state index in [4.69, 9.17) is 0 Å². The Bertz CT molecular complexity index is 821. The summed E-state index contributed by atoms with van der Waals surface area (Å²) in [5.74, 6) is -3.04. The van der Waals surface area contributed by atoms with E-state index < -0.39 is 29.8 Å². The SMILES string of the molecule is COC(=O)/C=C1/S/C(=N\N=Cc2cc(F)cc(OC(F)(F)F)c2)NC1=O. The fraction of sp³-hybridized carbons (Fsp3) is 0.143. The van der Waals surface area contributed by atoms with Crippen molar-refractivity contribution in [2.45, 2.75) is 6.36 Å². The minimum atomic E-state index is -4.96. The van der Waals surface area contributed by atoms with Crippen LogP contribution in [0.15, 0.2) is 39.4 Å². The fourth-order valence-electron chi connectivity index (χ4n) is 1.64. The van der Waals surface area contributed by atoms with E-state index in [9.17, 15) is 27.2 Å². The summed E-state index contributed by atoms with van der Waals surface area (Å²) in [6, 6.07) is 2.38. The third kappa shape index (κ3) is 5.88. The molecule has 1 amide bonds. The zero-order chi connectivity index (χ0) is 19.3. The highest BCUT2D eigenvalue weighted by molar-refractivity contribution is 8.18. The molecule has 1 fully saturated rings. The Morgan fingerprint density at radius 2 is 2.04 bits per heavy atom. The lowest BCUT2D eigenvalue weighted by Crippen LogP contribution is -2.19. The summed E-state index contributed by atoms with van der Waals surface area (Å²) >= 11 is 0.800. The van der Waals surface area contributed by atoms with Gasteiger partial charge in [0.15, 0.2) is 5.17 Å². The number of hydrogen-bond donors (Lipinski definition) is 1. The molecule has 1 aliphatic rings. The van der Waals surface area contributed by atoms with Gasteiger partial charge in [0.05, 0.1) is 18.2 Å². The predicted octanol–water partition coefficient (Wildman–Crippen LogP) is 2.33. The van der Waals surface area contributed by atoms with Crippen molar-refractivity contribution in [1.82, 2.24) is 5.32 Å². The number of alkyl halides is 3. The highest BCUT2D eigenvalue weighted by atomic mass is 32.2. The first-order valence-electron chi connectivity index (χ1n) is 6.62. The number of carbonyl (C=O) groups excluding carboxylic acids is 2. The van der Waals surface area contributed by atoms with E-state index in [1.807, 2.05) is 0 Å². The molecule has 0 unspecified atom stereocenters. The molecule has 26 heavy (non-hydrogen) atoms. The Hall–Kier alpha value is -2.89. The minimum absolute atomic E-state index is 0.0181. The number of thioether (sulfide) groups is 1. The Morgan fingerprint density at radius 3 is 2.69 bits per heavy atom. The second kappa shape index (κ2) is 7.99. The Labute approximate surface area is 147 Å². The van der Waals surface area contributed by atoms with Gasteiger partial charge in [-0.1, -0.05) is 0 Å². The van der Waals surface area contributed by atoms with Gasteiger partial charge in [-0.2, -0.15) is 5.10 Å². The highest BCUT2D eigenvalue weighted by Gasteiger charge is 2.31. The van der Waals surface area contributed by atoms with Gasteiger partial charge in [-0.05, 0) is 23.9 Å². The number of amidine groups is 1. The molecule has 2 rings (SSSR count). The maximum Gasteiger partial charge on any atom is 0.573 e. The Morgan fingerprint density at radius 1 is 1.31 bits per heavy atom. The van der Waals surface area contributed by atoms with Gasteiger partial charge >= 0.3 is 12.3 Å². The summed E-state index contributed by atoms with van der Waals surface area (Å²) in [5.41, 5.74) is -0.0479. The lowest BCUT2D eigenvalue weighted by Gasteiger charge is -2.09. The first-order chi connectivity index (χ1) is 12.2. The van der Waals surface area contributed by atoms with Gasteiger partial charge < -0.3 is 9.47 Å². The molecule has 0 bridgehead atoms. The molecule has 1 aromatic rings. The average molecular weight is 391 g/mol. The van der Waals surface area contributed by atoms with Gasteiger partial charge in [0.1, 0.15) is 11.6 Å². The van der Waals surface area contributed by atoms with Crippen LogP contribution in [0, 0.1) is 5.82 Å². The number of esters is 1. The summed E-state index contributed by atoms with van der Waals surface area (Å²) < 4.78 is 57.9. The first kappa shape index (κ1) is 19.4. The van der Waals surface area contributed by atoms with Crippen molar-refractivity contribution in [3.63, 3.8) is 0 Å². The van der Waals surface area contributed by atoms with Crippen LogP contribution in [-0.2, 0) is 14.3 Å². The molecule has 0 aromatic heterocycles. The lowest BCUT2D eigenvalue weighted by molar-refractivity contribution is -0.274. The summed E-state index contributed by atoms with van der Waals surface area (Å²) in [6.45, 7) is 0. The van der Waals surface area contributed by atoms with E-state index in [1.165, 1.54) is 0 Å². The summed E-state index contributed by atoms with van der Waals surface area (Å²) in [7, 11) is 1.14. The van der Waals surface area contributed by atoms with Crippen LogP contribution in [0.5, 0.6) is 5.75 Å². The largest absolute Gasteiger partial charge is 0.573 e. The number of nitrogens with one attached hydrogen (secondary N) is 1. The Kier molecular flexibility index (Phi) is 5.97. The summed E-state index contributed by atoms with van der Waals surface area (Å²) in [4.78, 5) is 22.7. The second-order valence-corrected chi connectivity index (χ2v) is 5.54. The zero-order valence-electron chi connectivity index (χ0n) is 12.8. The normalized spacial score (nSPS) is 17.8. The van der Waals surface area contributed by atoms with Crippen molar-refractivity contribution in [3.8, 4) is 5.75 Å². The molecule has 0 spiro atoms. The van der Waals surface area contributed by atoms with E-state index in [1.54, 1.807) is 0 Å². The van der Waals surface area contributed by atoms with Gasteiger partial charge in [-0.25, -0.2) is 9.18 Å². The van der Waals surface area contributed by atoms with Crippen molar-refractivity contribution < 1.29 is 36.6 Å². The van der Waals surface area contributed by atoms with Crippen molar-refractivity contribution in [2.24, 2.45) is 10.2 Å². The minimum Gasteiger partial charge on any atom is -0.466 e. The van der Waals surface area contributed by atoms with Crippen LogP contribution in [0.2, 0.25) is 0 Å². The molecule has 1 aromatic carbocycles. The van der Waals surface area contributed by atoms with Crippen molar-refractivity contribution in [2.75, 3.05) is 7.11 Å². The first-order valence-corrected chi connectivity index (χ1v) is 7.44. The van der Waals surface area contributed by atoms with Crippen molar-refractivity contribution in [1.29, 1.82) is 0 Å².